The van der Waals surface area contributed by atoms with Gasteiger partial charge in [0.05, 0.1) is 10.4 Å². The molecule has 0 aromatic carbocycles. The Hall–Kier alpha value is -0.550. The van der Waals surface area contributed by atoms with Gasteiger partial charge in [0.2, 0.25) is 0 Å². The third-order valence-electron chi connectivity index (χ3n) is 1.55. The number of hydrogen-bond acceptors (Lipinski definition) is 3. The minimum atomic E-state index is -0.344. The third-order valence-corrected chi connectivity index (χ3v) is 3.23. The lowest BCUT2D eigenvalue weighted by Gasteiger charge is -2.03. The molecular formula is C9H12BrNO2S. The summed E-state index contributed by atoms with van der Waals surface area (Å²) >= 11 is 5.06. The first-order valence-corrected chi connectivity index (χ1v) is 5.98. The number of hydrogen-bond donors (Lipinski definition) is 1. The molecule has 1 heterocycles. The van der Waals surface area contributed by atoms with Gasteiger partial charge in [-0.15, -0.1) is 11.3 Å². The van der Waals surface area contributed by atoms with Gasteiger partial charge in [-0.05, 0) is 41.4 Å². The molecule has 0 aliphatic rings. The van der Waals surface area contributed by atoms with Crippen molar-refractivity contribution in [2.24, 2.45) is 0 Å². The second-order valence-corrected chi connectivity index (χ2v) is 5.15. The highest BCUT2D eigenvalue weighted by atomic mass is 79.9. The summed E-state index contributed by atoms with van der Waals surface area (Å²) < 4.78 is 5.84. The molecule has 1 amide bonds. The molecule has 1 aromatic rings. The van der Waals surface area contributed by atoms with Gasteiger partial charge >= 0.3 is 6.09 Å². The number of amides is 1. The quantitative estimate of drug-likeness (QED) is 0.921. The molecule has 1 N–H and O–H groups in total. The van der Waals surface area contributed by atoms with Crippen molar-refractivity contribution < 1.29 is 9.53 Å². The molecule has 3 nitrogen and oxygen atoms in total. The summed E-state index contributed by atoms with van der Waals surface area (Å²) in [5, 5.41) is 2.67. The van der Waals surface area contributed by atoms with E-state index >= 15 is 0 Å². The van der Waals surface area contributed by atoms with E-state index < -0.39 is 0 Å². The molecule has 0 atom stereocenters. The zero-order valence-electron chi connectivity index (χ0n) is 7.88. The van der Waals surface area contributed by atoms with E-state index in [2.05, 4.69) is 21.2 Å². The Morgan fingerprint density at radius 1 is 1.71 bits per heavy atom. The second kappa shape index (κ2) is 6.03. The van der Waals surface area contributed by atoms with Crippen molar-refractivity contribution >= 4 is 33.4 Å². The summed E-state index contributed by atoms with van der Waals surface area (Å²) in [6.45, 7) is 2.82. The molecule has 0 aliphatic carbocycles. The largest absolute Gasteiger partial charge is 0.450 e. The summed E-state index contributed by atoms with van der Waals surface area (Å²) in [5.41, 5.74) is 0. The normalized spacial score (nSPS) is 9.86. The predicted octanol–water partition coefficient (Wildman–Crippen LogP) is 2.80. The Kier molecular flexibility index (Phi) is 4.97. The van der Waals surface area contributed by atoms with Gasteiger partial charge in [0.25, 0.3) is 0 Å². The number of rotatable bonds is 4. The Labute approximate surface area is 95.6 Å². The smallest absolute Gasteiger partial charge is 0.407 e. The first kappa shape index (κ1) is 11.5. The molecule has 0 unspecified atom stereocenters. The molecule has 1 rings (SSSR count). The lowest BCUT2D eigenvalue weighted by molar-refractivity contribution is 0.152. The summed E-state index contributed by atoms with van der Waals surface area (Å²) in [4.78, 5) is 12.1. The third kappa shape index (κ3) is 4.11. The van der Waals surface area contributed by atoms with Crippen LogP contribution >= 0.6 is 27.3 Å². The molecule has 14 heavy (non-hydrogen) atoms. The number of halogens is 1. The molecule has 0 aliphatic heterocycles. The maximum Gasteiger partial charge on any atom is 0.407 e. The molecule has 78 valence electrons. The molecule has 1 aromatic heterocycles. The molecule has 0 saturated heterocycles. The van der Waals surface area contributed by atoms with Crippen molar-refractivity contribution in [2.45, 2.75) is 13.3 Å². The van der Waals surface area contributed by atoms with Crippen LogP contribution in [0.4, 0.5) is 4.79 Å². The number of carbonyl (C=O) groups is 1. The molecule has 5 heteroatoms. The fourth-order valence-corrected chi connectivity index (χ4v) is 2.44. The van der Waals surface area contributed by atoms with Crippen molar-refractivity contribution in [3.8, 4) is 0 Å². The topological polar surface area (TPSA) is 38.3 Å². The van der Waals surface area contributed by atoms with Crippen LogP contribution in [0.3, 0.4) is 0 Å². The first-order chi connectivity index (χ1) is 6.72. The van der Waals surface area contributed by atoms with Crippen LogP contribution in [0.5, 0.6) is 0 Å². The monoisotopic (exact) mass is 279 g/mol. The van der Waals surface area contributed by atoms with E-state index in [1.54, 1.807) is 18.3 Å². The van der Waals surface area contributed by atoms with Gasteiger partial charge in [-0.1, -0.05) is 0 Å². The van der Waals surface area contributed by atoms with Gasteiger partial charge < -0.3 is 10.1 Å². The van der Waals surface area contributed by atoms with Gasteiger partial charge in [0, 0.05) is 11.4 Å². The summed E-state index contributed by atoms with van der Waals surface area (Å²) in [7, 11) is 0. The molecular weight excluding hydrogens is 268 g/mol. The maximum absolute atomic E-state index is 10.9. The average Bonchev–Trinajstić information content (AvgIpc) is 2.52. The van der Waals surface area contributed by atoms with Crippen LogP contribution < -0.4 is 5.32 Å². The number of carbonyl (C=O) groups excluding carboxylic acids is 1. The molecule has 0 fully saturated rings. The fourth-order valence-electron chi connectivity index (χ4n) is 0.956. The Morgan fingerprint density at radius 3 is 3.07 bits per heavy atom. The van der Waals surface area contributed by atoms with Gasteiger partial charge in [-0.2, -0.15) is 0 Å². The maximum atomic E-state index is 10.9. The highest BCUT2D eigenvalue weighted by Crippen LogP contribution is 2.21. The van der Waals surface area contributed by atoms with E-state index in [9.17, 15) is 4.79 Å². The summed E-state index contributed by atoms with van der Waals surface area (Å²) in [6, 6.07) is 4.05. The fraction of sp³-hybridized carbons (Fsp3) is 0.444. The van der Waals surface area contributed by atoms with Crippen molar-refractivity contribution in [1.82, 2.24) is 5.32 Å². The number of ether oxygens (including phenoxy) is 1. The lowest BCUT2D eigenvalue weighted by Crippen LogP contribution is -2.26. The number of thiophene rings is 1. The Balaban J connectivity index is 2.18. The molecule has 0 saturated carbocycles. The van der Waals surface area contributed by atoms with E-state index in [0.717, 1.165) is 10.2 Å². The molecule has 0 radical (unpaired) electrons. The number of nitrogens with one attached hydrogen (secondary N) is 1. The second-order valence-electron chi connectivity index (χ2n) is 2.60. The van der Waals surface area contributed by atoms with Crippen molar-refractivity contribution in [1.29, 1.82) is 0 Å². The van der Waals surface area contributed by atoms with Crippen molar-refractivity contribution in [3.63, 3.8) is 0 Å². The minimum absolute atomic E-state index is 0.344. The average molecular weight is 280 g/mol. The minimum Gasteiger partial charge on any atom is -0.450 e. The van der Waals surface area contributed by atoms with Crippen molar-refractivity contribution in [2.75, 3.05) is 13.2 Å². The lowest BCUT2D eigenvalue weighted by atomic mass is 10.5. The zero-order valence-corrected chi connectivity index (χ0v) is 10.3. The van der Waals surface area contributed by atoms with Crippen molar-refractivity contribution in [3.05, 3.63) is 20.8 Å². The van der Waals surface area contributed by atoms with Crippen LogP contribution in [0.15, 0.2) is 15.9 Å². The van der Waals surface area contributed by atoms with E-state index in [4.69, 9.17) is 4.74 Å². The first-order valence-electron chi connectivity index (χ1n) is 4.37. The summed E-state index contributed by atoms with van der Waals surface area (Å²) in [5.74, 6) is 0. The highest BCUT2D eigenvalue weighted by molar-refractivity contribution is 9.11. The van der Waals surface area contributed by atoms with E-state index in [-0.39, 0.29) is 6.09 Å². The van der Waals surface area contributed by atoms with Crippen LogP contribution in [0.1, 0.15) is 11.8 Å². The SMILES string of the molecule is CCOC(=O)N[14CH2]Cc1ccc(Br)s1. The predicted molar refractivity (Wildman–Crippen MR) is 60.7 cm³/mol. The van der Waals surface area contributed by atoms with Crippen LogP contribution in [0.25, 0.3) is 0 Å². The highest BCUT2D eigenvalue weighted by Gasteiger charge is 2.00. The van der Waals surface area contributed by atoms with Gasteiger partial charge in [-0.25, -0.2) is 4.79 Å². The molecule has 0 spiro atoms. The van der Waals surface area contributed by atoms with E-state index in [1.165, 1.54) is 4.88 Å². The van der Waals surface area contributed by atoms with Gasteiger partial charge in [-0.3, -0.25) is 0 Å². The number of alkyl carbamates (subject to hydrolysis) is 1. The zero-order chi connectivity index (χ0) is 10.4. The van der Waals surface area contributed by atoms with Gasteiger partial charge in [0.1, 0.15) is 0 Å². The van der Waals surface area contributed by atoms with E-state index in [0.29, 0.717) is 13.2 Å². The van der Waals surface area contributed by atoms with E-state index in [1.807, 2.05) is 12.1 Å². The molecule has 0 bridgehead atoms. The van der Waals surface area contributed by atoms with Gasteiger partial charge in [0.15, 0.2) is 0 Å². The van der Waals surface area contributed by atoms with Crippen LogP contribution in [-0.4, -0.2) is 19.2 Å². The Morgan fingerprint density at radius 2 is 2.50 bits per heavy atom. The Bertz CT molecular complexity index is 301. The van der Waals surface area contributed by atoms with Crippen LogP contribution in [0, 0.1) is 0 Å². The van der Waals surface area contributed by atoms with Crippen LogP contribution in [0.2, 0.25) is 0 Å². The summed E-state index contributed by atoms with van der Waals surface area (Å²) in [6.07, 6.45) is 0.498. The van der Waals surface area contributed by atoms with Crippen LogP contribution in [-0.2, 0) is 11.2 Å². The standard InChI is InChI=1S/C9H12BrNO2S/c1-2-13-9(12)11-6-5-7-3-4-8(10)14-7/h3-4H,2,5-6H2,1H3,(H,11,12)/i6+2.